The molecule has 3 aromatic carbocycles. The van der Waals surface area contributed by atoms with Crippen LogP contribution in [0.4, 0.5) is 5.69 Å². The summed E-state index contributed by atoms with van der Waals surface area (Å²) in [5, 5.41) is 4.14. The fraction of sp³-hybridized carbons (Fsp3) is 0.154. The number of aromatic nitrogens is 3. The molecule has 31 heavy (non-hydrogen) atoms. The van der Waals surface area contributed by atoms with Crippen LogP contribution in [0.2, 0.25) is 0 Å². The Hall–Kier alpha value is -3.86. The Morgan fingerprint density at radius 1 is 1.06 bits per heavy atom. The lowest BCUT2D eigenvalue weighted by Crippen LogP contribution is -2.14. The van der Waals surface area contributed by atoms with Crippen molar-refractivity contribution in [1.82, 2.24) is 14.5 Å². The lowest BCUT2D eigenvalue weighted by molar-refractivity contribution is -0.115. The van der Waals surface area contributed by atoms with Crippen LogP contribution in [0.1, 0.15) is 30.5 Å². The summed E-state index contributed by atoms with van der Waals surface area (Å²) in [6.07, 6.45) is 5.08. The zero-order valence-corrected chi connectivity index (χ0v) is 17.4. The second-order valence-corrected chi connectivity index (χ2v) is 7.77. The summed E-state index contributed by atoms with van der Waals surface area (Å²) in [7, 11) is 0. The summed E-state index contributed by atoms with van der Waals surface area (Å²) >= 11 is 0. The highest BCUT2D eigenvalue weighted by Gasteiger charge is 2.15. The van der Waals surface area contributed by atoms with Gasteiger partial charge in [-0.2, -0.15) is 0 Å². The van der Waals surface area contributed by atoms with Crippen molar-refractivity contribution in [3.8, 4) is 0 Å². The zero-order valence-electron chi connectivity index (χ0n) is 17.4. The second kappa shape index (κ2) is 8.11. The topological polar surface area (TPSA) is 62.7 Å². The Morgan fingerprint density at radius 2 is 1.87 bits per heavy atom. The van der Waals surface area contributed by atoms with Crippen LogP contribution >= 0.6 is 0 Å². The van der Waals surface area contributed by atoms with Gasteiger partial charge in [-0.15, -0.1) is 0 Å². The van der Waals surface area contributed by atoms with Gasteiger partial charge in [-0.25, -0.2) is 4.98 Å². The third kappa shape index (κ3) is 3.70. The molecule has 0 aliphatic heterocycles. The van der Waals surface area contributed by atoms with Gasteiger partial charge in [0.15, 0.2) is 0 Å². The van der Waals surface area contributed by atoms with Gasteiger partial charge in [-0.3, -0.25) is 4.79 Å². The molecule has 5 heteroatoms. The normalized spacial score (nSPS) is 12.3. The molecule has 5 nitrogen and oxygen atoms in total. The number of benzene rings is 3. The minimum Gasteiger partial charge on any atom is -0.361 e. The number of aromatic amines is 1. The summed E-state index contributed by atoms with van der Waals surface area (Å²) in [6.45, 7) is 2.18. The van der Waals surface area contributed by atoms with E-state index in [1.807, 2.05) is 61.1 Å². The maximum absolute atomic E-state index is 12.7. The molecular formula is C26H24N4O. The zero-order chi connectivity index (χ0) is 21.2. The molecule has 2 aromatic heterocycles. The predicted octanol–water partition coefficient (Wildman–Crippen LogP) is 5.70. The summed E-state index contributed by atoms with van der Waals surface area (Å²) in [4.78, 5) is 20.5. The molecule has 0 bridgehead atoms. The van der Waals surface area contributed by atoms with E-state index in [4.69, 9.17) is 0 Å². The third-order valence-corrected chi connectivity index (χ3v) is 5.79. The molecule has 2 heterocycles. The summed E-state index contributed by atoms with van der Waals surface area (Å²) < 4.78 is 2.19. The number of hydrogen-bond donors (Lipinski definition) is 2. The molecule has 0 aliphatic rings. The number of imidazole rings is 1. The van der Waals surface area contributed by atoms with E-state index in [-0.39, 0.29) is 11.9 Å². The van der Waals surface area contributed by atoms with Gasteiger partial charge in [-0.1, -0.05) is 55.5 Å². The fourth-order valence-electron chi connectivity index (χ4n) is 4.28. The lowest BCUT2D eigenvalue weighted by atomic mass is 10.0. The van der Waals surface area contributed by atoms with Crippen molar-refractivity contribution < 1.29 is 4.79 Å². The minimum absolute atomic E-state index is 0.0368. The van der Waals surface area contributed by atoms with Crippen molar-refractivity contribution in [1.29, 1.82) is 0 Å². The first-order valence-corrected chi connectivity index (χ1v) is 10.6. The van der Waals surface area contributed by atoms with Crippen LogP contribution in [0, 0.1) is 0 Å². The van der Waals surface area contributed by atoms with E-state index in [0.29, 0.717) is 6.42 Å². The highest BCUT2D eigenvalue weighted by atomic mass is 16.1. The van der Waals surface area contributed by atoms with Crippen LogP contribution in [0.15, 0.2) is 85.3 Å². The van der Waals surface area contributed by atoms with Gasteiger partial charge in [-0.05, 0) is 41.8 Å². The Balaban J connectivity index is 1.40. The molecule has 5 aromatic rings. The first-order chi connectivity index (χ1) is 15.2. The maximum Gasteiger partial charge on any atom is 0.228 e. The summed E-state index contributed by atoms with van der Waals surface area (Å²) in [6, 6.07) is 24.6. The highest BCUT2D eigenvalue weighted by Crippen LogP contribution is 2.28. The van der Waals surface area contributed by atoms with E-state index in [9.17, 15) is 4.79 Å². The number of nitrogens with zero attached hydrogens (tertiary/aromatic N) is 2. The highest BCUT2D eigenvalue weighted by molar-refractivity contribution is 5.97. The molecule has 1 amide bonds. The molecule has 0 fully saturated rings. The molecule has 1 atom stereocenters. The smallest absolute Gasteiger partial charge is 0.228 e. The molecule has 154 valence electrons. The van der Waals surface area contributed by atoms with Gasteiger partial charge in [0.25, 0.3) is 0 Å². The number of para-hydroxylation sites is 1. The predicted molar refractivity (Wildman–Crippen MR) is 125 cm³/mol. The average Bonchev–Trinajstić information content (AvgIpc) is 3.40. The second-order valence-electron chi connectivity index (χ2n) is 7.77. The number of carbonyl (C=O) groups excluding carboxylic acids is 1. The van der Waals surface area contributed by atoms with Crippen LogP contribution in [-0.2, 0) is 11.2 Å². The van der Waals surface area contributed by atoms with Crippen LogP contribution in [0.3, 0.4) is 0 Å². The monoisotopic (exact) mass is 408 g/mol. The summed E-state index contributed by atoms with van der Waals surface area (Å²) in [5.41, 5.74) is 6.00. The molecule has 1 unspecified atom stereocenters. The third-order valence-electron chi connectivity index (χ3n) is 5.79. The standard InChI is InChI=1S/C26H24N4O/c1-2-24(18-8-4-3-5-9-18)30-17-28-23-13-12-20(15-25(23)30)29-26(31)14-19-16-27-22-11-7-6-10-21(19)22/h3-13,15-17,24,27H,2,14H2,1H3,(H,29,31). The molecule has 0 saturated carbocycles. The van der Waals surface area contributed by atoms with E-state index in [0.717, 1.165) is 39.6 Å². The molecule has 2 N–H and O–H groups in total. The van der Waals surface area contributed by atoms with Crippen LogP contribution in [0.5, 0.6) is 0 Å². The van der Waals surface area contributed by atoms with Crippen molar-refractivity contribution >= 4 is 33.5 Å². The molecule has 0 saturated heterocycles. The first-order valence-electron chi connectivity index (χ1n) is 10.6. The Morgan fingerprint density at radius 3 is 2.71 bits per heavy atom. The summed E-state index contributed by atoms with van der Waals surface area (Å²) in [5.74, 6) is -0.0368. The number of fused-ring (bicyclic) bond motifs is 2. The Labute approximate surface area is 180 Å². The molecule has 5 rings (SSSR count). The maximum atomic E-state index is 12.7. The molecular weight excluding hydrogens is 384 g/mol. The average molecular weight is 409 g/mol. The van der Waals surface area contributed by atoms with Gasteiger partial charge < -0.3 is 14.9 Å². The number of hydrogen-bond acceptors (Lipinski definition) is 2. The Bertz CT molecular complexity index is 1350. The lowest BCUT2D eigenvalue weighted by Gasteiger charge is -2.18. The van der Waals surface area contributed by atoms with Gasteiger partial charge in [0.2, 0.25) is 5.91 Å². The van der Waals surface area contributed by atoms with E-state index >= 15 is 0 Å². The van der Waals surface area contributed by atoms with Crippen molar-refractivity contribution in [2.45, 2.75) is 25.8 Å². The van der Waals surface area contributed by atoms with Crippen LogP contribution in [0.25, 0.3) is 21.9 Å². The van der Waals surface area contributed by atoms with Crippen molar-refractivity contribution in [2.24, 2.45) is 0 Å². The number of H-pyrrole nitrogens is 1. The first kappa shape index (κ1) is 19.1. The molecule has 0 aliphatic carbocycles. The number of rotatable bonds is 6. The quantitative estimate of drug-likeness (QED) is 0.379. The van der Waals surface area contributed by atoms with E-state index < -0.39 is 0 Å². The SMILES string of the molecule is CCC(c1ccccc1)n1cnc2ccc(NC(=O)Cc3c[nH]c4ccccc34)cc21. The molecule has 0 spiro atoms. The fourth-order valence-corrected chi connectivity index (χ4v) is 4.28. The van der Waals surface area contributed by atoms with Gasteiger partial charge in [0.05, 0.1) is 29.8 Å². The van der Waals surface area contributed by atoms with E-state index in [1.165, 1.54) is 5.56 Å². The van der Waals surface area contributed by atoms with E-state index in [1.54, 1.807) is 0 Å². The van der Waals surface area contributed by atoms with Crippen molar-refractivity contribution in [3.05, 3.63) is 96.4 Å². The number of amides is 1. The largest absolute Gasteiger partial charge is 0.361 e. The van der Waals surface area contributed by atoms with Crippen LogP contribution in [-0.4, -0.2) is 20.4 Å². The van der Waals surface area contributed by atoms with E-state index in [2.05, 4.69) is 51.0 Å². The van der Waals surface area contributed by atoms with Crippen LogP contribution < -0.4 is 5.32 Å². The number of anilines is 1. The van der Waals surface area contributed by atoms with Crippen molar-refractivity contribution in [2.75, 3.05) is 5.32 Å². The molecule has 0 radical (unpaired) electrons. The minimum atomic E-state index is -0.0368. The number of carbonyl (C=O) groups is 1. The van der Waals surface area contributed by atoms with Crippen molar-refractivity contribution in [3.63, 3.8) is 0 Å². The van der Waals surface area contributed by atoms with Gasteiger partial charge in [0, 0.05) is 22.8 Å². The number of nitrogens with one attached hydrogen (secondary N) is 2. The van der Waals surface area contributed by atoms with Gasteiger partial charge in [0.1, 0.15) is 0 Å². The van der Waals surface area contributed by atoms with Gasteiger partial charge >= 0.3 is 0 Å². The Kier molecular flexibility index (Phi) is 5.00.